The van der Waals surface area contributed by atoms with Crippen LogP contribution in [0.1, 0.15) is 27.7 Å². The molecular formula is C12H18NaO5. The van der Waals surface area contributed by atoms with Gasteiger partial charge in [-0.2, -0.15) is 0 Å². The molecule has 0 aromatic heterocycles. The Kier molecular flexibility index (Phi) is 12.3. The molecule has 18 heavy (non-hydrogen) atoms. The van der Waals surface area contributed by atoms with E-state index in [2.05, 4.69) is 0 Å². The summed E-state index contributed by atoms with van der Waals surface area (Å²) in [4.78, 5) is 22.1. The average molecular weight is 265 g/mol. The van der Waals surface area contributed by atoms with E-state index in [0.29, 0.717) is 24.7 Å². The van der Waals surface area contributed by atoms with E-state index in [0.717, 1.165) is 0 Å². The summed E-state index contributed by atoms with van der Waals surface area (Å²) in [6.07, 6.45) is 2.43. The number of hydrogen-bond donors (Lipinski definition) is 0. The average Bonchev–Trinajstić information content (AvgIpc) is 2.16. The quantitative estimate of drug-likeness (QED) is 0.315. The third-order valence-corrected chi connectivity index (χ3v) is 1.54. The molecule has 0 amide bonds. The van der Waals surface area contributed by atoms with Gasteiger partial charge in [-0.1, -0.05) is 0 Å². The van der Waals surface area contributed by atoms with Crippen molar-refractivity contribution in [3.05, 3.63) is 23.7 Å². The molecule has 0 saturated carbocycles. The summed E-state index contributed by atoms with van der Waals surface area (Å²) in [6, 6.07) is 0. The molecule has 0 aliphatic carbocycles. The number of esters is 2. The predicted molar refractivity (Wildman–Crippen MR) is 67.6 cm³/mol. The zero-order valence-corrected chi connectivity index (χ0v) is 13.6. The standard InChI is InChI=1S/C12H18O5.Na/c1-5-15-11(13)7-9(3)17-10(4)8-12(14)16-6-2;/h7-8H,5-6H2,1-4H3;. The molecule has 0 rings (SSSR count). The van der Waals surface area contributed by atoms with E-state index >= 15 is 0 Å². The van der Waals surface area contributed by atoms with Gasteiger partial charge in [0.1, 0.15) is 11.5 Å². The maximum absolute atomic E-state index is 11.1. The monoisotopic (exact) mass is 265 g/mol. The van der Waals surface area contributed by atoms with Crippen LogP contribution in [0, 0.1) is 0 Å². The van der Waals surface area contributed by atoms with E-state index in [-0.39, 0.29) is 29.6 Å². The van der Waals surface area contributed by atoms with Crippen molar-refractivity contribution >= 4 is 41.5 Å². The first-order valence-corrected chi connectivity index (χ1v) is 5.37. The van der Waals surface area contributed by atoms with Crippen LogP contribution in [-0.2, 0) is 23.8 Å². The van der Waals surface area contributed by atoms with Crippen molar-refractivity contribution in [3.63, 3.8) is 0 Å². The van der Waals surface area contributed by atoms with E-state index in [1.165, 1.54) is 12.2 Å². The first-order valence-electron chi connectivity index (χ1n) is 5.37. The Morgan fingerprint density at radius 2 is 1.22 bits per heavy atom. The van der Waals surface area contributed by atoms with Gasteiger partial charge in [-0.15, -0.1) is 0 Å². The second-order valence-electron chi connectivity index (χ2n) is 3.12. The Morgan fingerprint density at radius 3 is 1.50 bits per heavy atom. The smallest absolute Gasteiger partial charge is 0.334 e. The molecule has 0 fully saturated rings. The van der Waals surface area contributed by atoms with Crippen molar-refractivity contribution in [2.24, 2.45) is 0 Å². The van der Waals surface area contributed by atoms with Crippen LogP contribution in [0.5, 0.6) is 0 Å². The number of allylic oxidation sites excluding steroid dienone is 2. The molecule has 97 valence electrons. The Bertz CT molecular complexity index is 301. The minimum absolute atomic E-state index is 0. The van der Waals surface area contributed by atoms with Gasteiger partial charge in [-0.25, -0.2) is 9.59 Å². The summed E-state index contributed by atoms with van der Waals surface area (Å²) in [5.41, 5.74) is 0. The summed E-state index contributed by atoms with van der Waals surface area (Å²) < 4.78 is 14.6. The van der Waals surface area contributed by atoms with E-state index in [4.69, 9.17) is 14.2 Å². The molecule has 0 saturated heterocycles. The van der Waals surface area contributed by atoms with Gasteiger partial charge in [0.2, 0.25) is 0 Å². The van der Waals surface area contributed by atoms with Crippen LogP contribution in [0.15, 0.2) is 23.7 Å². The van der Waals surface area contributed by atoms with Gasteiger partial charge in [0.05, 0.1) is 25.4 Å². The topological polar surface area (TPSA) is 61.8 Å². The van der Waals surface area contributed by atoms with Crippen LogP contribution >= 0.6 is 0 Å². The van der Waals surface area contributed by atoms with Crippen LogP contribution in [0.4, 0.5) is 0 Å². The number of rotatable bonds is 6. The third-order valence-electron chi connectivity index (χ3n) is 1.54. The molecule has 0 spiro atoms. The summed E-state index contributed by atoms with van der Waals surface area (Å²) in [5, 5.41) is 0. The molecule has 0 aliphatic heterocycles. The SMILES string of the molecule is CCOC(=O)C=C(C)OC(C)=CC(=O)OCC.[Na]. The minimum Gasteiger partial charge on any atom is -0.466 e. The molecule has 1 radical (unpaired) electrons. The van der Waals surface area contributed by atoms with Gasteiger partial charge < -0.3 is 14.2 Å². The normalized spacial score (nSPS) is 11.3. The largest absolute Gasteiger partial charge is 0.466 e. The number of hydrogen-bond acceptors (Lipinski definition) is 5. The Morgan fingerprint density at radius 1 is 0.889 bits per heavy atom. The molecule has 0 atom stereocenters. The molecule has 0 bridgehead atoms. The van der Waals surface area contributed by atoms with E-state index < -0.39 is 11.9 Å². The maximum Gasteiger partial charge on any atom is 0.334 e. The van der Waals surface area contributed by atoms with Crippen molar-refractivity contribution in [2.75, 3.05) is 13.2 Å². The Balaban J connectivity index is 0. The second-order valence-corrected chi connectivity index (χ2v) is 3.12. The molecule has 5 nitrogen and oxygen atoms in total. The zero-order valence-electron chi connectivity index (χ0n) is 11.6. The van der Waals surface area contributed by atoms with Crippen molar-refractivity contribution in [2.45, 2.75) is 27.7 Å². The Labute approximate surface area is 129 Å². The van der Waals surface area contributed by atoms with E-state index in [9.17, 15) is 9.59 Å². The van der Waals surface area contributed by atoms with E-state index in [1.54, 1.807) is 27.7 Å². The summed E-state index contributed by atoms with van der Waals surface area (Å²) >= 11 is 0. The van der Waals surface area contributed by atoms with Crippen LogP contribution in [-0.4, -0.2) is 54.7 Å². The van der Waals surface area contributed by atoms with Gasteiger partial charge in [0.15, 0.2) is 0 Å². The first kappa shape index (κ1) is 19.6. The Hall–Kier alpha value is -0.780. The fourth-order valence-electron chi connectivity index (χ4n) is 1.01. The minimum atomic E-state index is -0.478. The van der Waals surface area contributed by atoms with Crippen LogP contribution in [0.3, 0.4) is 0 Å². The van der Waals surface area contributed by atoms with Crippen molar-refractivity contribution in [1.29, 1.82) is 0 Å². The van der Waals surface area contributed by atoms with Gasteiger partial charge in [0.25, 0.3) is 0 Å². The summed E-state index contributed by atoms with van der Waals surface area (Å²) in [7, 11) is 0. The molecule has 0 aromatic carbocycles. The predicted octanol–water partition coefficient (Wildman–Crippen LogP) is 1.56. The zero-order chi connectivity index (χ0) is 13.3. The number of carbonyl (C=O) groups excluding carboxylic acids is 2. The van der Waals surface area contributed by atoms with Gasteiger partial charge in [0, 0.05) is 29.6 Å². The molecular weight excluding hydrogens is 247 g/mol. The molecule has 6 heteroatoms. The van der Waals surface area contributed by atoms with Crippen molar-refractivity contribution in [3.8, 4) is 0 Å². The molecule has 0 unspecified atom stereocenters. The van der Waals surface area contributed by atoms with Gasteiger partial charge >= 0.3 is 11.9 Å². The van der Waals surface area contributed by atoms with Crippen molar-refractivity contribution in [1.82, 2.24) is 0 Å². The van der Waals surface area contributed by atoms with Crippen LogP contribution in [0.2, 0.25) is 0 Å². The van der Waals surface area contributed by atoms with Gasteiger partial charge in [-0.3, -0.25) is 0 Å². The van der Waals surface area contributed by atoms with E-state index in [1.807, 2.05) is 0 Å². The summed E-state index contributed by atoms with van der Waals surface area (Å²) in [6.45, 7) is 7.24. The maximum atomic E-state index is 11.1. The molecule has 0 aromatic rings. The van der Waals surface area contributed by atoms with Crippen LogP contribution in [0.25, 0.3) is 0 Å². The van der Waals surface area contributed by atoms with Crippen molar-refractivity contribution < 1.29 is 23.8 Å². The third kappa shape index (κ3) is 10.4. The molecule has 0 N–H and O–H groups in total. The first-order chi connectivity index (χ1) is 7.99. The summed E-state index contributed by atoms with van der Waals surface area (Å²) in [5.74, 6) is -0.258. The van der Waals surface area contributed by atoms with Crippen LogP contribution < -0.4 is 0 Å². The molecule has 0 aliphatic rings. The van der Waals surface area contributed by atoms with Gasteiger partial charge in [-0.05, 0) is 27.7 Å². The number of ether oxygens (including phenoxy) is 3. The fourth-order valence-corrected chi connectivity index (χ4v) is 1.01. The molecule has 0 heterocycles. The second kappa shape index (κ2) is 11.3. The number of carbonyl (C=O) groups is 2. The fraction of sp³-hybridized carbons (Fsp3) is 0.500.